The van der Waals surface area contributed by atoms with Gasteiger partial charge in [0.1, 0.15) is 6.54 Å². The van der Waals surface area contributed by atoms with E-state index in [9.17, 15) is 9.59 Å². The van der Waals surface area contributed by atoms with E-state index in [4.69, 9.17) is 0 Å². The van der Waals surface area contributed by atoms with Crippen molar-refractivity contribution in [1.29, 1.82) is 0 Å². The van der Waals surface area contributed by atoms with Gasteiger partial charge >= 0.3 is 0 Å². The summed E-state index contributed by atoms with van der Waals surface area (Å²) in [7, 11) is 0. The van der Waals surface area contributed by atoms with Crippen LogP contribution in [0.15, 0.2) is 66.7 Å². The van der Waals surface area contributed by atoms with Gasteiger partial charge in [0.25, 0.3) is 5.91 Å². The molecule has 2 amide bonds. The minimum Gasteiger partial charge on any atom is -0.352 e. The van der Waals surface area contributed by atoms with Crippen molar-refractivity contribution in [1.82, 2.24) is 20.0 Å². The van der Waals surface area contributed by atoms with Crippen LogP contribution in [-0.2, 0) is 4.79 Å². The van der Waals surface area contributed by atoms with Gasteiger partial charge in [-0.1, -0.05) is 55.0 Å². The highest BCUT2D eigenvalue weighted by Crippen LogP contribution is 2.20. The van der Waals surface area contributed by atoms with Gasteiger partial charge in [0.2, 0.25) is 5.91 Å². The summed E-state index contributed by atoms with van der Waals surface area (Å²) in [5, 5.41) is 8.84. The van der Waals surface area contributed by atoms with Crippen LogP contribution in [0.25, 0.3) is 11.3 Å². The molecule has 0 bridgehead atoms. The summed E-state index contributed by atoms with van der Waals surface area (Å²) < 4.78 is 0. The summed E-state index contributed by atoms with van der Waals surface area (Å²) in [5.74, 6) is 0.694. The lowest BCUT2D eigenvalue weighted by atomic mass is 10.1. The highest BCUT2D eigenvalue weighted by atomic mass is 16.2. The zero-order valence-electron chi connectivity index (χ0n) is 20.7. The van der Waals surface area contributed by atoms with E-state index in [1.807, 2.05) is 49.1 Å². The summed E-state index contributed by atoms with van der Waals surface area (Å²) >= 11 is 0. The molecule has 0 N–H and O–H groups in total. The molecule has 1 aliphatic rings. The number of aromatic nitrogens is 2. The standard InChI is InChI=1S/C28H33N5O2/c1-4-22(3)33(28(35)24-8-6-5-7-9-24)20-27(34)32-18-16-31(17-19-32)26-15-14-25(29-30-26)23-12-10-21(2)11-13-23/h5-15,22H,4,16-20H2,1-3H3. The van der Waals surface area contributed by atoms with Gasteiger partial charge in [-0.15, -0.1) is 10.2 Å². The first kappa shape index (κ1) is 24.4. The van der Waals surface area contributed by atoms with Crippen molar-refractivity contribution in [2.24, 2.45) is 0 Å². The highest BCUT2D eigenvalue weighted by molar-refractivity contribution is 5.96. The van der Waals surface area contributed by atoms with Crippen LogP contribution in [0, 0.1) is 6.92 Å². The largest absolute Gasteiger partial charge is 0.352 e. The second-order valence-corrected chi connectivity index (χ2v) is 9.07. The molecule has 7 heteroatoms. The number of piperazine rings is 1. The molecule has 0 saturated carbocycles. The third kappa shape index (κ3) is 5.85. The van der Waals surface area contributed by atoms with Crippen LogP contribution >= 0.6 is 0 Å². The molecule has 1 fully saturated rings. The summed E-state index contributed by atoms with van der Waals surface area (Å²) in [4.78, 5) is 31.9. The Morgan fingerprint density at radius 2 is 1.60 bits per heavy atom. The molecule has 1 saturated heterocycles. The van der Waals surface area contributed by atoms with Crippen molar-refractivity contribution >= 4 is 17.6 Å². The third-order valence-electron chi connectivity index (χ3n) is 6.66. The van der Waals surface area contributed by atoms with E-state index in [-0.39, 0.29) is 24.4 Å². The van der Waals surface area contributed by atoms with Crippen LogP contribution in [0.5, 0.6) is 0 Å². The van der Waals surface area contributed by atoms with E-state index in [2.05, 4.69) is 46.3 Å². The average Bonchev–Trinajstić information content (AvgIpc) is 2.92. The van der Waals surface area contributed by atoms with Crippen LogP contribution in [0.4, 0.5) is 5.82 Å². The van der Waals surface area contributed by atoms with Crippen LogP contribution in [0.3, 0.4) is 0 Å². The zero-order valence-corrected chi connectivity index (χ0v) is 20.7. The number of hydrogen-bond donors (Lipinski definition) is 0. The fourth-order valence-electron chi connectivity index (χ4n) is 4.20. The monoisotopic (exact) mass is 471 g/mol. The maximum absolute atomic E-state index is 13.1. The number of carbonyl (C=O) groups excluding carboxylic acids is 2. The van der Waals surface area contributed by atoms with Crippen LogP contribution in [0.1, 0.15) is 36.2 Å². The molecule has 3 aromatic rings. The second kappa shape index (κ2) is 11.1. The Balaban J connectivity index is 1.35. The second-order valence-electron chi connectivity index (χ2n) is 9.07. The van der Waals surface area contributed by atoms with Crippen molar-refractivity contribution in [2.45, 2.75) is 33.2 Å². The maximum atomic E-state index is 13.1. The maximum Gasteiger partial charge on any atom is 0.254 e. The summed E-state index contributed by atoms with van der Waals surface area (Å²) in [5.41, 5.74) is 3.71. The molecule has 7 nitrogen and oxygen atoms in total. The molecule has 1 atom stereocenters. The summed E-state index contributed by atoms with van der Waals surface area (Å²) in [6.07, 6.45) is 0.789. The average molecular weight is 472 g/mol. The Bertz CT molecular complexity index is 1120. The zero-order chi connectivity index (χ0) is 24.8. The van der Waals surface area contributed by atoms with Gasteiger partial charge in [-0.2, -0.15) is 0 Å². The van der Waals surface area contributed by atoms with E-state index >= 15 is 0 Å². The molecular formula is C28H33N5O2. The minimum atomic E-state index is -0.101. The van der Waals surface area contributed by atoms with E-state index < -0.39 is 0 Å². The van der Waals surface area contributed by atoms with Gasteiger partial charge in [0.15, 0.2) is 5.82 Å². The fourth-order valence-corrected chi connectivity index (χ4v) is 4.20. The number of hydrogen-bond acceptors (Lipinski definition) is 5. The molecule has 1 aliphatic heterocycles. The topological polar surface area (TPSA) is 69.6 Å². The van der Waals surface area contributed by atoms with Gasteiger partial charge < -0.3 is 14.7 Å². The first-order valence-electron chi connectivity index (χ1n) is 12.3. The molecule has 35 heavy (non-hydrogen) atoms. The number of nitrogens with zero attached hydrogens (tertiary/aromatic N) is 5. The molecule has 0 aliphatic carbocycles. The first-order chi connectivity index (χ1) is 17.0. The normalized spacial score (nSPS) is 14.5. The van der Waals surface area contributed by atoms with Crippen molar-refractivity contribution in [2.75, 3.05) is 37.6 Å². The van der Waals surface area contributed by atoms with Gasteiger partial charge in [0, 0.05) is 43.3 Å². The molecule has 2 heterocycles. The predicted molar refractivity (Wildman–Crippen MR) is 138 cm³/mol. The van der Waals surface area contributed by atoms with Gasteiger partial charge in [0.05, 0.1) is 5.69 Å². The minimum absolute atomic E-state index is 0.0183. The number of carbonyl (C=O) groups is 2. The molecule has 2 aromatic carbocycles. The van der Waals surface area contributed by atoms with Crippen molar-refractivity contribution in [3.63, 3.8) is 0 Å². The Hall–Kier alpha value is -3.74. The molecule has 1 unspecified atom stereocenters. The van der Waals surface area contributed by atoms with E-state index in [1.165, 1.54) is 5.56 Å². The lowest BCUT2D eigenvalue weighted by molar-refractivity contribution is -0.132. The molecule has 182 valence electrons. The number of amides is 2. The first-order valence-corrected chi connectivity index (χ1v) is 12.3. The van der Waals surface area contributed by atoms with Crippen molar-refractivity contribution in [3.05, 3.63) is 77.9 Å². The van der Waals surface area contributed by atoms with Crippen LogP contribution in [0.2, 0.25) is 0 Å². The SMILES string of the molecule is CCC(C)N(CC(=O)N1CCN(c2ccc(-c3ccc(C)cc3)nn2)CC1)C(=O)c1ccccc1. The Labute approximate surface area is 207 Å². The third-order valence-corrected chi connectivity index (χ3v) is 6.66. The van der Waals surface area contributed by atoms with E-state index in [0.29, 0.717) is 31.7 Å². The number of aryl methyl sites for hydroxylation is 1. The molecule has 0 radical (unpaired) electrons. The van der Waals surface area contributed by atoms with Crippen LogP contribution in [-0.4, -0.2) is 70.6 Å². The fraction of sp³-hybridized carbons (Fsp3) is 0.357. The highest BCUT2D eigenvalue weighted by Gasteiger charge is 2.28. The summed E-state index contributed by atoms with van der Waals surface area (Å²) in [6, 6.07) is 21.4. The van der Waals surface area contributed by atoms with Crippen molar-refractivity contribution in [3.8, 4) is 11.3 Å². The van der Waals surface area contributed by atoms with Gasteiger partial charge in [-0.05, 0) is 44.5 Å². The number of benzene rings is 2. The Morgan fingerprint density at radius 1 is 0.914 bits per heavy atom. The lowest BCUT2D eigenvalue weighted by Gasteiger charge is -2.37. The molecule has 1 aromatic heterocycles. The van der Waals surface area contributed by atoms with Gasteiger partial charge in [-0.25, -0.2) is 0 Å². The Morgan fingerprint density at radius 3 is 2.20 bits per heavy atom. The molecule has 0 spiro atoms. The van der Waals surface area contributed by atoms with Crippen molar-refractivity contribution < 1.29 is 9.59 Å². The lowest BCUT2D eigenvalue weighted by Crippen LogP contribution is -2.53. The predicted octanol–water partition coefficient (Wildman–Crippen LogP) is 4.04. The number of anilines is 1. The van der Waals surface area contributed by atoms with Gasteiger partial charge in [-0.3, -0.25) is 9.59 Å². The number of rotatable bonds is 7. The molecular weight excluding hydrogens is 438 g/mol. The Kier molecular flexibility index (Phi) is 7.75. The smallest absolute Gasteiger partial charge is 0.254 e. The van der Waals surface area contributed by atoms with Crippen LogP contribution < -0.4 is 4.90 Å². The van der Waals surface area contributed by atoms with E-state index in [0.717, 1.165) is 23.5 Å². The van der Waals surface area contributed by atoms with E-state index in [1.54, 1.807) is 17.0 Å². The molecule has 4 rings (SSSR count). The quantitative estimate of drug-likeness (QED) is 0.520. The summed E-state index contributed by atoms with van der Waals surface area (Å²) in [6.45, 7) is 8.72.